The highest BCUT2D eigenvalue weighted by molar-refractivity contribution is 5.91. The molecule has 1 fully saturated rings. The van der Waals surface area contributed by atoms with E-state index in [1.807, 2.05) is 71.4 Å². The first kappa shape index (κ1) is 22.5. The first-order valence-corrected chi connectivity index (χ1v) is 12.3. The van der Waals surface area contributed by atoms with Crippen LogP contribution in [0.2, 0.25) is 0 Å². The van der Waals surface area contributed by atoms with Crippen molar-refractivity contribution >= 4 is 11.6 Å². The van der Waals surface area contributed by atoms with Crippen molar-refractivity contribution in [1.82, 2.24) is 14.9 Å². The lowest BCUT2D eigenvalue weighted by Gasteiger charge is -2.41. The highest BCUT2D eigenvalue weighted by Gasteiger charge is 2.38. The number of nitrogens with one attached hydrogen (secondary N) is 2. The molecule has 3 heterocycles. The number of benzene rings is 3. The number of fused-ring (bicyclic) bond motifs is 1. The number of aromatic nitrogens is 2. The standard InChI is InChI=1S/C29H28N4O3/c34-27(19-33-16-15-31-28(33)21-5-2-1-3-6-21)32-25-8-4-7-22(18-25)23-9-10-26-24(17-23)20-35-29(36-26)11-13-30-14-12-29/h1-10,15-18,30H,11-14,19-20H2,(H,32,34). The van der Waals surface area contributed by atoms with Crippen molar-refractivity contribution in [1.29, 1.82) is 0 Å². The zero-order valence-electron chi connectivity index (χ0n) is 19.9. The molecule has 0 bridgehead atoms. The van der Waals surface area contributed by atoms with Crippen molar-refractivity contribution in [2.75, 3.05) is 18.4 Å². The molecule has 182 valence electrons. The maximum absolute atomic E-state index is 12.9. The van der Waals surface area contributed by atoms with Crippen molar-refractivity contribution in [3.63, 3.8) is 0 Å². The Bertz CT molecular complexity index is 1380. The summed E-state index contributed by atoms with van der Waals surface area (Å²) in [6.45, 7) is 2.52. The van der Waals surface area contributed by atoms with Crippen LogP contribution in [0.25, 0.3) is 22.5 Å². The number of carbonyl (C=O) groups excluding carboxylic acids is 1. The quantitative estimate of drug-likeness (QED) is 0.427. The van der Waals surface area contributed by atoms with Crippen LogP contribution in [0.3, 0.4) is 0 Å². The Kier molecular flexibility index (Phi) is 6.01. The van der Waals surface area contributed by atoms with Crippen LogP contribution in [-0.4, -0.2) is 34.3 Å². The van der Waals surface area contributed by atoms with E-state index in [4.69, 9.17) is 9.47 Å². The van der Waals surface area contributed by atoms with Gasteiger partial charge in [-0.3, -0.25) is 4.79 Å². The molecule has 0 unspecified atom stereocenters. The van der Waals surface area contributed by atoms with E-state index in [1.54, 1.807) is 6.20 Å². The molecule has 2 aliphatic heterocycles. The van der Waals surface area contributed by atoms with Gasteiger partial charge in [-0.15, -0.1) is 0 Å². The molecule has 0 atom stereocenters. The minimum Gasteiger partial charge on any atom is -0.462 e. The largest absolute Gasteiger partial charge is 0.462 e. The SMILES string of the molecule is O=C(Cn1ccnc1-c1ccccc1)Nc1cccc(-c2ccc3c(c2)COC2(CCNCC2)O3)c1. The molecule has 1 amide bonds. The maximum atomic E-state index is 12.9. The molecule has 0 aliphatic carbocycles. The second-order valence-electron chi connectivity index (χ2n) is 9.25. The van der Waals surface area contributed by atoms with E-state index in [2.05, 4.69) is 27.8 Å². The molecule has 2 aliphatic rings. The molecule has 4 aromatic rings. The highest BCUT2D eigenvalue weighted by atomic mass is 16.7. The number of imidazole rings is 1. The van der Waals surface area contributed by atoms with Crippen molar-refractivity contribution in [3.8, 4) is 28.3 Å². The fourth-order valence-corrected chi connectivity index (χ4v) is 4.88. The van der Waals surface area contributed by atoms with Crippen LogP contribution in [0.4, 0.5) is 5.69 Å². The summed E-state index contributed by atoms with van der Waals surface area (Å²) in [5.41, 5.74) is 4.84. The second-order valence-corrected chi connectivity index (χ2v) is 9.25. The number of rotatable bonds is 5. The summed E-state index contributed by atoms with van der Waals surface area (Å²) >= 11 is 0. The predicted molar refractivity (Wildman–Crippen MR) is 138 cm³/mol. The molecule has 2 N–H and O–H groups in total. The Labute approximate surface area is 210 Å². The van der Waals surface area contributed by atoms with E-state index >= 15 is 0 Å². The first-order chi connectivity index (χ1) is 17.7. The lowest BCUT2D eigenvalue weighted by molar-refractivity contribution is -0.218. The smallest absolute Gasteiger partial charge is 0.244 e. The molecule has 7 nitrogen and oxygen atoms in total. The number of hydrogen-bond donors (Lipinski definition) is 2. The van der Waals surface area contributed by atoms with Crippen molar-refractivity contribution in [2.24, 2.45) is 0 Å². The number of amides is 1. The molecule has 0 radical (unpaired) electrons. The van der Waals surface area contributed by atoms with Crippen molar-refractivity contribution < 1.29 is 14.3 Å². The number of nitrogens with zero attached hydrogens (tertiary/aromatic N) is 2. The summed E-state index contributed by atoms with van der Waals surface area (Å²) in [4.78, 5) is 17.3. The van der Waals surface area contributed by atoms with Crippen LogP contribution in [0.1, 0.15) is 18.4 Å². The minimum atomic E-state index is -0.500. The van der Waals surface area contributed by atoms with Gasteiger partial charge in [-0.05, 0) is 35.4 Å². The van der Waals surface area contributed by atoms with E-state index in [9.17, 15) is 4.79 Å². The van der Waals surface area contributed by atoms with E-state index in [-0.39, 0.29) is 12.5 Å². The van der Waals surface area contributed by atoms with Gasteiger partial charge >= 0.3 is 0 Å². The van der Waals surface area contributed by atoms with Gasteiger partial charge in [-0.2, -0.15) is 0 Å². The third-order valence-corrected chi connectivity index (χ3v) is 6.75. The third kappa shape index (κ3) is 4.63. The number of hydrogen-bond acceptors (Lipinski definition) is 5. The number of ether oxygens (including phenoxy) is 2. The summed E-state index contributed by atoms with van der Waals surface area (Å²) in [6.07, 6.45) is 5.24. The Morgan fingerprint density at radius 2 is 1.78 bits per heavy atom. The van der Waals surface area contributed by atoms with Gasteiger partial charge in [-0.1, -0.05) is 48.5 Å². The molecule has 0 saturated carbocycles. The molecule has 3 aromatic carbocycles. The Balaban J connectivity index is 1.16. The first-order valence-electron chi connectivity index (χ1n) is 12.3. The normalized spacial score (nSPS) is 16.2. The lowest BCUT2D eigenvalue weighted by Crippen LogP contribution is -2.49. The van der Waals surface area contributed by atoms with E-state index in [1.165, 1.54) is 0 Å². The van der Waals surface area contributed by atoms with Gasteiger partial charge < -0.3 is 24.7 Å². The van der Waals surface area contributed by atoms with Gasteiger partial charge in [0.2, 0.25) is 11.7 Å². The number of anilines is 1. The van der Waals surface area contributed by atoms with E-state index in [0.29, 0.717) is 6.61 Å². The number of piperidine rings is 1. The fraction of sp³-hybridized carbons (Fsp3) is 0.241. The topological polar surface area (TPSA) is 77.4 Å². The molecular formula is C29H28N4O3. The summed E-state index contributed by atoms with van der Waals surface area (Å²) < 4.78 is 14.3. The predicted octanol–water partition coefficient (Wildman–Crippen LogP) is 4.84. The van der Waals surface area contributed by atoms with Gasteiger partial charge in [0, 0.05) is 55.1 Å². The molecule has 36 heavy (non-hydrogen) atoms. The third-order valence-electron chi connectivity index (χ3n) is 6.75. The number of carbonyl (C=O) groups is 1. The van der Waals surface area contributed by atoms with Crippen LogP contribution in [0.5, 0.6) is 5.75 Å². The van der Waals surface area contributed by atoms with Crippen LogP contribution >= 0.6 is 0 Å². The molecule has 1 saturated heterocycles. The van der Waals surface area contributed by atoms with Gasteiger partial charge in [0.1, 0.15) is 18.1 Å². The van der Waals surface area contributed by atoms with E-state index < -0.39 is 5.79 Å². The second kappa shape index (κ2) is 9.60. The van der Waals surface area contributed by atoms with E-state index in [0.717, 1.165) is 65.4 Å². The fourth-order valence-electron chi connectivity index (χ4n) is 4.88. The molecule has 6 rings (SSSR count). The molecule has 1 spiro atoms. The molecule has 1 aromatic heterocycles. The lowest BCUT2D eigenvalue weighted by atomic mass is 9.99. The van der Waals surface area contributed by atoms with Gasteiger partial charge in [0.05, 0.1) is 6.61 Å². The Morgan fingerprint density at radius 1 is 0.972 bits per heavy atom. The van der Waals surface area contributed by atoms with Gasteiger partial charge in [-0.25, -0.2) is 4.98 Å². The highest BCUT2D eigenvalue weighted by Crippen LogP contribution is 2.38. The summed E-state index contributed by atoms with van der Waals surface area (Å²) in [5, 5.41) is 6.38. The summed E-state index contributed by atoms with van der Waals surface area (Å²) in [6, 6.07) is 24.0. The molecule has 7 heteroatoms. The monoisotopic (exact) mass is 480 g/mol. The maximum Gasteiger partial charge on any atom is 0.244 e. The minimum absolute atomic E-state index is 0.109. The van der Waals surface area contributed by atoms with Crippen LogP contribution < -0.4 is 15.4 Å². The van der Waals surface area contributed by atoms with Crippen molar-refractivity contribution in [2.45, 2.75) is 31.8 Å². The average Bonchev–Trinajstić information content (AvgIpc) is 3.37. The summed E-state index contributed by atoms with van der Waals surface area (Å²) in [5.74, 6) is 1.05. The van der Waals surface area contributed by atoms with Crippen LogP contribution in [0.15, 0.2) is 85.2 Å². The van der Waals surface area contributed by atoms with Crippen LogP contribution in [0, 0.1) is 0 Å². The zero-order valence-corrected chi connectivity index (χ0v) is 19.9. The zero-order chi connectivity index (χ0) is 24.4. The molecular weight excluding hydrogens is 452 g/mol. The Morgan fingerprint density at radius 3 is 2.64 bits per heavy atom. The van der Waals surface area contributed by atoms with Crippen molar-refractivity contribution in [3.05, 3.63) is 90.8 Å². The summed E-state index contributed by atoms with van der Waals surface area (Å²) in [7, 11) is 0. The van der Waals surface area contributed by atoms with Gasteiger partial charge in [0.15, 0.2) is 0 Å². The average molecular weight is 481 g/mol. The van der Waals surface area contributed by atoms with Crippen LogP contribution in [-0.2, 0) is 22.7 Å². The van der Waals surface area contributed by atoms with Gasteiger partial charge in [0.25, 0.3) is 0 Å². The Hall–Kier alpha value is -3.94.